The van der Waals surface area contributed by atoms with Crippen LogP contribution in [0.4, 0.5) is 4.79 Å². The van der Waals surface area contributed by atoms with Gasteiger partial charge in [0.15, 0.2) is 5.69 Å². The fraction of sp³-hybridized carbons (Fsp3) is 0.469. The number of piperidine rings is 1. The van der Waals surface area contributed by atoms with Gasteiger partial charge in [-0.25, -0.2) is 9.78 Å². The van der Waals surface area contributed by atoms with Gasteiger partial charge in [0.2, 0.25) is 0 Å². The third-order valence-corrected chi connectivity index (χ3v) is 7.06. The monoisotopic (exact) mass is 591 g/mol. The average Bonchev–Trinajstić information content (AvgIpc) is 3.69. The smallest absolute Gasteiger partial charge is 0.410 e. The lowest BCUT2D eigenvalue weighted by Gasteiger charge is -2.29. The molecule has 1 aliphatic carbocycles. The molecule has 3 amide bonds. The van der Waals surface area contributed by atoms with E-state index in [0.29, 0.717) is 11.7 Å². The molecular weight excluding hydrogens is 550 g/mol. The van der Waals surface area contributed by atoms with Gasteiger partial charge in [-0.15, -0.1) is 0 Å². The number of pyridine rings is 1. The highest BCUT2D eigenvalue weighted by molar-refractivity contribution is 5.92. The van der Waals surface area contributed by atoms with E-state index < -0.39 is 18.1 Å². The van der Waals surface area contributed by atoms with E-state index in [1.807, 2.05) is 39.8 Å². The maximum absolute atomic E-state index is 12.4. The third-order valence-electron chi connectivity index (χ3n) is 7.06. The van der Waals surface area contributed by atoms with E-state index in [2.05, 4.69) is 27.6 Å². The molecule has 1 aliphatic heterocycles. The van der Waals surface area contributed by atoms with Gasteiger partial charge in [0.25, 0.3) is 11.8 Å². The third kappa shape index (κ3) is 9.56. The standard InChI is InChI=1S/C22H22N4O4.C10H19NO2/c1-13(25-22(28)19-10-11-29-26-19)20(16-6-4-15(5-7-16)14-2-3-14)30-17-8-9-18(21(23)27)24-12-17;1-10(2,3)13-9(12)11-7-5-4-6-8-11/h4-14,20H,2-3H2,1H3,(H2,23,27)(H,25,28);4-8H2,1-3H3/t13?,20-;/m0./s1. The number of carbonyl (C=O) groups excluding carboxylic acids is 3. The Hall–Kier alpha value is -4.41. The minimum Gasteiger partial charge on any atom is -0.482 e. The van der Waals surface area contributed by atoms with Crippen molar-refractivity contribution in [3.8, 4) is 5.75 Å². The van der Waals surface area contributed by atoms with Crippen LogP contribution in [0.5, 0.6) is 5.75 Å². The molecule has 3 N–H and O–H groups in total. The highest BCUT2D eigenvalue weighted by atomic mass is 16.6. The van der Waals surface area contributed by atoms with E-state index in [1.165, 1.54) is 49.4 Å². The van der Waals surface area contributed by atoms with Crippen LogP contribution in [0, 0.1) is 0 Å². The number of aromatic nitrogens is 2. The number of ether oxygens (including phenoxy) is 2. The van der Waals surface area contributed by atoms with E-state index in [9.17, 15) is 14.4 Å². The van der Waals surface area contributed by atoms with Crippen LogP contribution in [0.15, 0.2) is 59.4 Å². The lowest BCUT2D eigenvalue weighted by atomic mass is 10.00. The molecule has 11 nitrogen and oxygen atoms in total. The summed E-state index contributed by atoms with van der Waals surface area (Å²) in [4.78, 5) is 41.0. The van der Waals surface area contributed by atoms with E-state index >= 15 is 0 Å². The van der Waals surface area contributed by atoms with Crippen LogP contribution in [-0.4, -0.2) is 57.7 Å². The Morgan fingerprint density at radius 2 is 1.70 bits per heavy atom. The lowest BCUT2D eigenvalue weighted by Crippen LogP contribution is -2.39. The second-order valence-electron chi connectivity index (χ2n) is 11.9. The number of nitrogens with two attached hydrogens (primary N) is 1. The number of likely N-dealkylation sites (tertiary alicyclic amines) is 1. The predicted octanol–water partition coefficient (Wildman–Crippen LogP) is 5.39. The lowest BCUT2D eigenvalue weighted by molar-refractivity contribution is 0.0215. The van der Waals surface area contributed by atoms with Crippen LogP contribution in [0.1, 0.15) is 104 Å². The molecule has 3 aromatic rings. The maximum Gasteiger partial charge on any atom is 0.410 e. The summed E-state index contributed by atoms with van der Waals surface area (Å²) in [6, 6.07) is 12.5. The minimum absolute atomic E-state index is 0.153. The molecule has 1 unspecified atom stereocenters. The Morgan fingerprint density at radius 3 is 2.23 bits per heavy atom. The summed E-state index contributed by atoms with van der Waals surface area (Å²) >= 11 is 0. The molecular formula is C32H41N5O6. The van der Waals surface area contributed by atoms with Crippen molar-refractivity contribution >= 4 is 17.9 Å². The fourth-order valence-electron chi connectivity index (χ4n) is 4.66. The minimum atomic E-state index is -0.609. The second-order valence-corrected chi connectivity index (χ2v) is 11.9. The van der Waals surface area contributed by atoms with Crippen LogP contribution >= 0.6 is 0 Å². The van der Waals surface area contributed by atoms with Crippen LogP contribution in [-0.2, 0) is 4.74 Å². The van der Waals surface area contributed by atoms with Gasteiger partial charge in [-0.2, -0.15) is 0 Å². The number of benzene rings is 1. The number of rotatable bonds is 8. The van der Waals surface area contributed by atoms with Crippen LogP contribution < -0.4 is 15.8 Å². The number of hydrogen-bond acceptors (Lipinski definition) is 8. The molecule has 3 heterocycles. The first-order chi connectivity index (χ1) is 20.5. The van der Waals surface area contributed by atoms with Gasteiger partial charge in [0.1, 0.15) is 29.4 Å². The van der Waals surface area contributed by atoms with Crippen LogP contribution in [0.2, 0.25) is 0 Å². The number of amides is 3. The van der Waals surface area contributed by atoms with Gasteiger partial charge in [0, 0.05) is 19.2 Å². The molecule has 1 saturated heterocycles. The molecule has 1 aromatic carbocycles. The number of nitrogens with one attached hydrogen (secondary N) is 1. The van der Waals surface area contributed by atoms with Crippen molar-refractivity contribution in [3.05, 3.63) is 77.4 Å². The van der Waals surface area contributed by atoms with Gasteiger partial charge in [-0.3, -0.25) is 9.59 Å². The zero-order valence-corrected chi connectivity index (χ0v) is 25.2. The van der Waals surface area contributed by atoms with Gasteiger partial charge in [-0.1, -0.05) is 29.4 Å². The molecule has 11 heteroatoms. The van der Waals surface area contributed by atoms with Crippen LogP contribution in [0.25, 0.3) is 0 Å². The maximum atomic E-state index is 12.4. The van der Waals surface area contributed by atoms with E-state index in [-0.39, 0.29) is 29.0 Å². The molecule has 1 saturated carbocycles. The molecule has 2 atom stereocenters. The fourth-order valence-corrected chi connectivity index (χ4v) is 4.66. The molecule has 5 rings (SSSR count). The first kappa shape index (κ1) is 31.5. The van der Waals surface area contributed by atoms with E-state index in [1.54, 1.807) is 11.0 Å². The molecule has 230 valence electrons. The summed E-state index contributed by atoms with van der Waals surface area (Å²) in [5, 5.41) is 6.57. The second kappa shape index (κ2) is 14.2. The Morgan fingerprint density at radius 1 is 1.00 bits per heavy atom. The van der Waals surface area contributed by atoms with Gasteiger partial charge in [-0.05, 0) is 89.0 Å². The van der Waals surface area contributed by atoms with Crippen molar-refractivity contribution in [2.24, 2.45) is 5.73 Å². The Kier molecular flexibility index (Phi) is 10.4. The summed E-state index contributed by atoms with van der Waals surface area (Å²) in [5.41, 5.74) is 7.44. The number of carbonyl (C=O) groups is 3. The van der Waals surface area contributed by atoms with Crippen molar-refractivity contribution in [1.82, 2.24) is 20.4 Å². The van der Waals surface area contributed by atoms with Gasteiger partial charge < -0.3 is 29.9 Å². The highest BCUT2D eigenvalue weighted by Crippen LogP contribution is 2.40. The largest absolute Gasteiger partial charge is 0.482 e. The van der Waals surface area contributed by atoms with Crippen molar-refractivity contribution in [3.63, 3.8) is 0 Å². The Labute approximate surface area is 252 Å². The van der Waals surface area contributed by atoms with E-state index in [0.717, 1.165) is 31.5 Å². The van der Waals surface area contributed by atoms with Gasteiger partial charge in [0.05, 0.1) is 12.2 Å². The van der Waals surface area contributed by atoms with Crippen molar-refractivity contribution in [1.29, 1.82) is 0 Å². The Bertz CT molecular complexity index is 1340. The number of hydrogen-bond donors (Lipinski definition) is 2. The molecule has 2 aliphatic rings. The summed E-state index contributed by atoms with van der Waals surface area (Å²) in [6.45, 7) is 9.25. The molecule has 0 radical (unpaired) electrons. The highest BCUT2D eigenvalue weighted by Gasteiger charge is 2.27. The summed E-state index contributed by atoms with van der Waals surface area (Å²) in [6.07, 6.45) is 8.04. The topological polar surface area (TPSA) is 150 Å². The van der Waals surface area contributed by atoms with Crippen molar-refractivity contribution in [2.75, 3.05) is 13.1 Å². The SMILES string of the molecule is CC(C)(C)OC(=O)N1CCCCC1.CC(NC(=O)c1ccon1)[C@H](Oc1ccc(C(N)=O)nc1)c1ccc(C2CC2)cc1. The molecule has 0 spiro atoms. The van der Waals surface area contributed by atoms with E-state index in [4.69, 9.17) is 19.7 Å². The van der Waals surface area contributed by atoms with Crippen molar-refractivity contribution < 1.29 is 28.4 Å². The zero-order chi connectivity index (χ0) is 31.0. The quantitative estimate of drug-likeness (QED) is 0.354. The first-order valence-corrected chi connectivity index (χ1v) is 14.7. The first-order valence-electron chi connectivity index (χ1n) is 14.7. The van der Waals surface area contributed by atoms with Crippen molar-refractivity contribution in [2.45, 2.75) is 83.5 Å². The molecule has 2 fully saturated rings. The molecule has 43 heavy (non-hydrogen) atoms. The van der Waals surface area contributed by atoms with Gasteiger partial charge >= 0.3 is 6.09 Å². The predicted molar refractivity (Wildman–Crippen MR) is 160 cm³/mol. The van der Waals surface area contributed by atoms with Crippen LogP contribution in [0.3, 0.4) is 0 Å². The normalized spacial score (nSPS) is 16.2. The summed E-state index contributed by atoms with van der Waals surface area (Å²) in [7, 11) is 0. The average molecular weight is 592 g/mol. The zero-order valence-electron chi connectivity index (χ0n) is 25.2. The Balaban J connectivity index is 0.000000273. The number of nitrogens with zero attached hydrogens (tertiary/aromatic N) is 3. The summed E-state index contributed by atoms with van der Waals surface area (Å²) < 4.78 is 16.2. The molecule has 0 bridgehead atoms. The summed E-state index contributed by atoms with van der Waals surface area (Å²) in [5.74, 6) is 0.135. The molecule has 2 aromatic heterocycles. The number of primary amides is 1.